The van der Waals surface area contributed by atoms with Gasteiger partial charge in [-0.05, 0) is 24.6 Å². The Hall–Kier alpha value is -1.18. The summed E-state index contributed by atoms with van der Waals surface area (Å²) < 4.78 is 12.6. The van der Waals surface area contributed by atoms with Crippen molar-refractivity contribution < 1.29 is 4.39 Å². The number of benzene rings is 1. The normalized spacial score (nSPS) is 14.5. The molecule has 0 saturated heterocycles. The van der Waals surface area contributed by atoms with Crippen LogP contribution in [0.5, 0.6) is 0 Å². The highest BCUT2D eigenvalue weighted by molar-refractivity contribution is 5.91. The molecule has 0 atom stereocenters. The Morgan fingerprint density at radius 1 is 1.45 bits per heavy atom. The van der Waals surface area contributed by atoms with Crippen molar-refractivity contribution in [3.05, 3.63) is 29.6 Å². The van der Waals surface area contributed by atoms with Crippen molar-refractivity contribution in [1.82, 2.24) is 0 Å². The van der Waals surface area contributed by atoms with Crippen LogP contribution < -0.4 is 0 Å². The number of nitrogens with zero attached hydrogens (tertiary/aromatic N) is 1. The average molecular weight is 149 g/mol. The Bertz CT molecular complexity index is 328. The van der Waals surface area contributed by atoms with Gasteiger partial charge < -0.3 is 0 Å². The SMILES string of the molecule is CC1=Nc2cc(F)ccc2C1. The van der Waals surface area contributed by atoms with Crippen molar-refractivity contribution in [2.75, 3.05) is 0 Å². The second-order valence-corrected chi connectivity index (χ2v) is 2.80. The van der Waals surface area contributed by atoms with Gasteiger partial charge >= 0.3 is 0 Å². The smallest absolute Gasteiger partial charge is 0.125 e. The Kier molecular flexibility index (Phi) is 1.28. The lowest BCUT2D eigenvalue weighted by molar-refractivity contribution is 0.628. The van der Waals surface area contributed by atoms with Crippen molar-refractivity contribution in [3.8, 4) is 0 Å². The highest BCUT2D eigenvalue weighted by atomic mass is 19.1. The molecule has 0 amide bonds. The van der Waals surface area contributed by atoms with Gasteiger partial charge in [0.25, 0.3) is 0 Å². The van der Waals surface area contributed by atoms with Crippen molar-refractivity contribution in [2.45, 2.75) is 13.3 Å². The monoisotopic (exact) mass is 149 g/mol. The Balaban J connectivity index is 2.54. The third-order valence-electron chi connectivity index (χ3n) is 1.80. The molecule has 1 aromatic carbocycles. The molecule has 0 aliphatic carbocycles. The summed E-state index contributed by atoms with van der Waals surface area (Å²) in [4.78, 5) is 4.19. The van der Waals surface area contributed by atoms with E-state index in [2.05, 4.69) is 4.99 Å². The molecular weight excluding hydrogens is 141 g/mol. The number of hydrogen-bond acceptors (Lipinski definition) is 1. The van der Waals surface area contributed by atoms with Crippen LogP contribution in [0, 0.1) is 5.82 Å². The lowest BCUT2D eigenvalue weighted by Crippen LogP contribution is -1.88. The maximum atomic E-state index is 12.6. The van der Waals surface area contributed by atoms with Gasteiger partial charge in [-0.15, -0.1) is 0 Å². The average Bonchev–Trinajstić information content (AvgIpc) is 2.27. The summed E-state index contributed by atoms with van der Waals surface area (Å²) in [7, 11) is 0. The highest BCUT2D eigenvalue weighted by Gasteiger charge is 2.10. The van der Waals surface area contributed by atoms with E-state index in [0.717, 1.165) is 23.4 Å². The van der Waals surface area contributed by atoms with E-state index in [9.17, 15) is 4.39 Å². The maximum absolute atomic E-state index is 12.6. The zero-order valence-corrected chi connectivity index (χ0v) is 6.26. The van der Waals surface area contributed by atoms with Crippen molar-refractivity contribution in [3.63, 3.8) is 0 Å². The molecule has 0 bridgehead atoms. The summed E-state index contributed by atoms with van der Waals surface area (Å²) in [5, 5.41) is 0. The van der Waals surface area contributed by atoms with Crippen molar-refractivity contribution in [2.24, 2.45) is 4.99 Å². The van der Waals surface area contributed by atoms with Gasteiger partial charge in [-0.25, -0.2) is 4.39 Å². The van der Waals surface area contributed by atoms with Gasteiger partial charge in [0.05, 0.1) is 5.69 Å². The molecular formula is C9H8FN. The van der Waals surface area contributed by atoms with E-state index < -0.39 is 0 Å². The fourth-order valence-corrected chi connectivity index (χ4v) is 1.31. The van der Waals surface area contributed by atoms with Gasteiger partial charge in [0.2, 0.25) is 0 Å². The molecule has 0 aromatic heterocycles. The Morgan fingerprint density at radius 2 is 2.27 bits per heavy atom. The van der Waals surface area contributed by atoms with E-state index in [1.165, 1.54) is 12.1 Å². The molecule has 0 spiro atoms. The number of fused-ring (bicyclic) bond motifs is 1. The topological polar surface area (TPSA) is 12.4 Å². The van der Waals surface area contributed by atoms with E-state index in [1.54, 1.807) is 6.07 Å². The maximum Gasteiger partial charge on any atom is 0.125 e. The van der Waals surface area contributed by atoms with E-state index in [-0.39, 0.29) is 5.82 Å². The minimum absolute atomic E-state index is 0.206. The van der Waals surface area contributed by atoms with Gasteiger partial charge in [0.15, 0.2) is 0 Å². The van der Waals surface area contributed by atoms with Crippen LogP contribution in [0.25, 0.3) is 0 Å². The highest BCUT2D eigenvalue weighted by Crippen LogP contribution is 2.26. The molecule has 11 heavy (non-hydrogen) atoms. The molecule has 0 radical (unpaired) electrons. The van der Waals surface area contributed by atoms with E-state index in [1.807, 2.05) is 6.92 Å². The molecule has 0 saturated carbocycles. The molecule has 1 aliphatic rings. The zero-order chi connectivity index (χ0) is 7.84. The first kappa shape index (κ1) is 6.53. The van der Waals surface area contributed by atoms with Crippen LogP contribution in [-0.4, -0.2) is 5.71 Å². The number of rotatable bonds is 0. The molecule has 0 unspecified atom stereocenters. The number of aliphatic imine (C=N–C) groups is 1. The van der Waals surface area contributed by atoms with Crippen LogP contribution >= 0.6 is 0 Å². The minimum Gasteiger partial charge on any atom is -0.257 e. The van der Waals surface area contributed by atoms with Gasteiger partial charge in [0, 0.05) is 12.1 Å². The molecule has 2 heteroatoms. The number of hydrogen-bond donors (Lipinski definition) is 0. The standard InChI is InChI=1S/C9H8FN/c1-6-4-7-2-3-8(10)5-9(7)11-6/h2-3,5H,4H2,1H3. The molecule has 0 N–H and O–H groups in total. The zero-order valence-electron chi connectivity index (χ0n) is 6.26. The summed E-state index contributed by atoms with van der Waals surface area (Å²) in [6, 6.07) is 4.75. The van der Waals surface area contributed by atoms with Gasteiger partial charge in [-0.3, -0.25) is 4.99 Å². The molecule has 1 aliphatic heterocycles. The fraction of sp³-hybridized carbons (Fsp3) is 0.222. The van der Waals surface area contributed by atoms with Crippen LogP contribution in [-0.2, 0) is 6.42 Å². The molecule has 1 nitrogen and oxygen atoms in total. The molecule has 1 heterocycles. The summed E-state index contributed by atoms with van der Waals surface area (Å²) in [5.74, 6) is -0.206. The third-order valence-corrected chi connectivity index (χ3v) is 1.80. The predicted octanol–water partition coefficient (Wildman–Crippen LogP) is 2.47. The lowest BCUT2D eigenvalue weighted by Gasteiger charge is -1.94. The molecule has 2 rings (SSSR count). The van der Waals surface area contributed by atoms with Crippen LogP contribution in [0.15, 0.2) is 23.2 Å². The van der Waals surface area contributed by atoms with Gasteiger partial charge in [0.1, 0.15) is 5.82 Å². The lowest BCUT2D eigenvalue weighted by atomic mass is 10.1. The summed E-state index contributed by atoms with van der Waals surface area (Å²) >= 11 is 0. The molecule has 0 fully saturated rings. The number of halogens is 1. The fourth-order valence-electron chi connectivity index (χ4n) is 1.31. The van der Waals surface area contributed by atoms with Gasteiger partial charge in [-0.2, -0.15) is 0 Å². The molecule has 1 aromatic rings. The molecule has 56 valence electrons. The predicted molar refractivity (Wildman–Crippen MR) is 42.9 cm³/mol. The first-order chi connectivity index (χ1) is 5.25. The quantitative estimate of drug-likeness (QED) is 0.537. The first-order valence-corrected chi connectivity index (χ1v) is 3.58. The summed E-state index contributed by atoms with van der Waals surface area (Å²) in [6.07, 6.45) is 0.871. The minimum atomic E-state index is -0.206. The van der Waals surface area contributed by atoms with Crippen molar-refractivity contribution >= 4 is 11.4 Å². The van der Waals surface area contributed by atoms with Crippen LogP contribution in [0.2, 0.25) is 0 Å². The van der Waals surface area contributed by atoms with Crippen molar-refractivity contribution in [1.29, 1.82) is 0 Å². The van der Waals surface area contributed by atoms with E-state index in [4.69, 9.17) is 0 Å². The van der Waals surface area contributed by atoms with Crippen LogP contribution in [0.3, 0.4) is 0 Å². The summed E-state index contributed by atoms with van der Waals surface area (Å²) in [5.41, 5.74) is 2.98. The first-order valence-electron chi connectivity index (χ1n) is 3.58. The Labute approximate surface area is 64.6 Å². The van der Waals surface area contributed by atoms with E-state index in [0.29, 0.717) is 0 Å². The van der Waals surface area contributed by atoms with Crippen LogP contribution in [0.1, 0.15) is 12.5 Å². The van der Waals surface area contributed by atoms with Crippen LogP contribution in [0.4, 0.5) is 10.1 Å². The second kappa shape index (κ2) is 2.16. The Morgan fingerprint density at radius 3 is 3.09 bits per heavy atom. The van der Waals surface area contributed by atoms with Gasteiger partial charge in [-0.1, -0.05) is 6.07 Å². The largest absolute Gasteiger partial charge is 0.257 e. The van der Waals surface area contributed by atoms with E-state index >= 15 is 0 Å². The second-order valence-electron chi connectivity index (χ2n) is 2.80. The third kappa shape index (κ3) is 1.04. The summed E-state index contributed by atoms with van der Waals surface area (Å²) in [6.45, 7) is 1.96.